The van der Waals surface area contributed by atoms with Crippen LogP contribution in [0.2, 0.25) is 0 Å². The minimum absolute atomic E-state index is 0.0647. The van der Waals surface area contributed by atoms with Gasteiger partial charge in [0.1, 0.15) is 6.04 Å². The first-order chi connectivity index (χ1) is 15.5. The van der Waals surface area contributed by atoms with E-state index in [-0.39, 0.29) is 43.5 Å². The van der Waals surface area contributed by atoms with Gasteiger partial charge < -0.3 is 24.8 Å². The highest BCUT2D eigenvalue weighted by Crippen LogP contribution is 2.45. The van der Waals surface area contributed by atoms with Crippen LogP contribution in [0.15, 0.2) is 12.2 Å². The highest BCUT2D eigenvalue weighted by atomic mass is 16.5. The summed E-state index contributed by atoms with van der Waals surface area (Å²) in [5.74, 6) is -2.63. The number of β-amino-alcohol motifs (C(OH)–C–C–N with tert-alkyl or cyclic N) is 1. The lowest BCUT2D eigenvalue weighted by molar-refractivity contribution is -0.155. The number of likely N-dealkylation sites (tertiary alicyclic amines) is 1. The molecule has 2 aliphatic heterocycles. The largest absolute Gasteiger partial charge is 0.466 e. The molecular formula is C23H37N3O6. The van der Waals surface area contributed by atoms with Crippen molar-refractivity contribution in [3.05, 3.63) is 12.2 Å². The van der Waals surface area contributed by atoms with E-state index in [4.69, 9.17) is 9.47 Å². The van der Waals surface area contributed by atoms with Crippen molar-refractivity contribution in [3.8, 4) is 0 Å². The molecule has 3 rings (SSSR count). The van der Waals surface area contributed by atoms with E-state index in [0.29, 0.717) is 26.3 Å². The van der Waals surface area contributed by atoms with E-state index in [1.165, 1.54) is 4.90 Å². The van der Waals surface area contributed by atoms with E-state index in [1.54, 1.807) is 6.92 Å². The number of aliphatic hydroxyl groups excluding tert-OH is 1. The standard InChI is InChI=1S/C23H37N3O6/c1-3-5-16-6-7-17-19(18(16)23(30)32-4-2)22(29)26(10-13-27)20(17)21(28)24-8-9-25-11-14-31-15-12-25/h6-7,16-20,27H,3-5,8-15H2,1-2H3,(H,24,28)/t16-,17+,18-,19+,20+/m1/s1. The predicted molar refractivity (Wildman–Crippen MR) is 117 cm³/mol. The van der Waals surface area contributed by atoms with Crippen LogP contribution in [0.3, 0.4) is 0 Å². The summed E-state index contributed by atoms with van der Waals surface area (Å²) in [6.45, 7) is 8.10. The number of amides is 2. The van der Waals surface area contributed by atoms with Gasteiger partial charge in [0.15, 0.2) is 0 Å². The maximum atomic E-state index is 13.4. The smallest absolute Gasteiger partial charge is 0.310 e. The maximum Gasteiger partial charge on any atom is 0.310 e. The summed E-state index contributed by atoms with van der Waals surface area (Å²) in [5.41, 5.74) is 0. The molecule has 180 valence electrons. The second-order valence-electron chi connectivity index (χ2n) is 8.66. The van der Waals surface area contributed by atoms with Crippen LogP contribution in [0.4, 0.5) is 0 Å². The molecule has 5 atom stereocenters. The number of fused-ring (bicyclic) bond motifs is 1. The number of morpholine rings is 1. The topological polar surface area (TPSA) is 108 Å². The van der Waals surface area contributed by atoms with Gasteiger partial charge in [-0.1, -0.05) is 25.5 Å². The van der Waals surface area contributed by atoms with Crippen LogP contribution >= 0.6 is 0 Å². The molecule has 9 nitrogen and oxygen atoms in total. The number of carbonyl (C=O) groups excluding carboxylic acids is 3. The molecule has 0 spiro atoms. The van der Waals surface area contributed by atoms with E-state index >= 15 is 0 Å². The van der Waals surface area contributed by atoms with E-state index in [0.717, 1.165) is 25.9 Å². The Hall–Kier alpha value is -1.97. The number of allylic oxidation sites excluding steroid dienone is 1. The first-order valence-corrected chi connectivity index (χ1v) is 11.9. The van der Waals surface area contributed by atoms with Crippen LogP contribution in [-0.4, -0.2) is 97.9 Å². The molecule has 9 heteroatoms. The fraction of sp³-hybridized carbons (Fsp3) is 0.783. The summed E-state index contributed by atoms with van der Waals surface area (Å²) in [5, 5.41) is 12.5. The number of hydrogen-bond acceptors (Lipinski definition) is 7. The zero-order chi connectivity index (χ0) is 23.1. The number of nitrogens with zero attached hydrogens (tertiary/aromatic N) is 2. The van der Waals surface area contributed by atoms with Crippen molar-refractivity contribution >= 4 is 17.8 Å². The third kappa shape index (κ3) is 5.32. The van der Waals surface area contributed by atoms with Crippen LogP contribution in [-0.2, 0) is 23.9 Å². The Kier molecular flexibility index (Phi) is 9.07. The molecule has 0 unspecified atom stereocenters. The molecular weight excluding hydrogens is 414 g/mol. The first-order valence-electron chi connectivity index (χ1n) is 11.9. The van der Waals surface area contributed by atoms with Crippen molar-refractivity contribution in [1.29, 1.82) is 0 Å². The Balaban J connectivity index is 1.77. The molecule has 2 saturated heterocycles. The number of nitrogens with one attached hydrogen (secondary N) is 1. The fourth-order valence-corrected chi connectivity index (χ4v) is 5.28. The zero-order valence-corrected chi connectivity index (χ0v) is 19.2. The number of rotatable bonds is 10. The van der Waals surface area contributed by atoms with Gasteiger partial charge in [-0.2, -0.15) is 0 Å². The van der Waals surface area contributed by atoms with E-state index in [1.807, 2.05) is 19.1 Å². The first kappa shape index (κ1) is 24.7. The summed E-state index contributed by atoms with van der Waals surface area (Å²) >= 11 is 0. The van der Waals surface area contributed by atoms with Gasteiger partial charge in [0.2, 0.25) is 11.8 Å². The lowest BCUT2D eigenvalue weighted by atomic mass is 9.69. The van der Waals surface area contributed by atoms with Crippen molar-refractivity contribution in [2.45, 2.75) is 32.7 Å². The Morgan fingerprint density at radius 1 is 1.22 bits per heavy atom. The van der Waals surface area contributed by atoms with Crippen LogP contribution in [0.5, 0.6) is 0 Å². The van der Waals surface area contributed by atoms with Crippen LogP contribution in [0.25, 0.3) is 0 Å². The van der Waals surface area contributed by atoms with Crippen molar-refractivity contribution in [3.63, 3.8) is 0 Å². The van der Waals surface area contributed by atoms with E-state index in [9.17, 15) is 19.5 Å². The van der Waals surface area contributed by atoms with Crippen LogP contribution < -0.4 is 5.32 Å². The average Bonchev–Trinajstić information content (AvgIpc) is 3.07. The number of esters is 1. The molecule has 2 fully saturated rings. The normalized spacial score (nSPS) is 30.3. The lowest BCUT2D eigenvalue weighted by Gasteiger charge is -2.34. The minimum Gasteiger partial charge on any atom is -0.466 e. The molecule has 2 amide bonds. The van der Waals surface area contributed by atoms with Gasteiger partial charge >= 0.3 is 5.97 Å². The van der Waals surface area contributed by atoms with E-state index in [2.05, 4.69) is 10.2 Å². The average molecular weight is 452 g/mol. The van der Waals surface area contributed by atoms with Gasteiger partial charge in [-0.25, -0.2) is 0 Å². The molecule has 2 heterocycles. The van der Waals surface area contributed by atoms with Crippen molar-refractivity contribution < 1.29 is 29.0 Å². The van der Waals surface area contributed by atoms with E-state index < -0.39 is 23.8 Å². The van der Waals surface area contributed by atoms with Gasteiger partial charge in [-0.3, -0.25) is 19.3 Å². The molecule has 0 aromatic rings. The summed E-state index contributed by atoms with van der Waals surface area (Å²) in [4.78, 5) is 43.2. The summed E-state index contributed by atoms with van der Waals surface area (Å²) < 4.78 is 10.7. The van der Waals surface area contributed by atoms with Gasteiger partial charge in [-0.15, -0.1) is 0 Å². The Bertz CT molecular complexity index is 693. The lowest BCUT2D eigenvalue weighted by Crippen LogP contribution is -2.50. The summed E-state index contributed by atoms with van der Waals surface area (Å²) in [6, 6.07) is -0.736. The van der Waals surface area contributed by atoms with Gasteiger partial charge in [0.05, 0.1) is 38.3 Å². The SMILES string of the molecule is CCC[C@@H]1C=C[C@H]2[C@H](C(=O)N(CCO)[C@@H]2C(=O)NCCN2CCOCC2)[C@@H]1C(=O)OCC. The van der Waals surface area contributed by atoms with Gasteiger partial charge in [0.25, 0.3) is 0 Å². The number of hydrogen-bond donors (Lipinski definition) is 2. The molecule has 0 bridgehead atoms. The quantitative estimate of drug-likeness (QED) is 0.357. The Morgan fingerprint density at radius 3 is 2.62 bits per heavy atom. The number of carbonyl (C=O) groups is 3. The molecule has 2 N–H and O–H groups in total. The Labute approximate surface area is 190 Å². The second kappa shape index (κ2) is 11.8. The van der Waals surface area contributed by atoms with Crippen molar-refractivity contribution in [1.82, 2.24) is 15.1 Å². The second-order valence-corrected chi connectivity index (χ2v) is 8.66. The summed E-state index contributed by atoms with van der Waals surface area (Å²) in [7, 11) is 0. The highest BCUT2D eigenvalue weighted by molar-refractivity contribution is 5.96. The fourth-order valence-electron chi connectivity index (χ4n) is 5.28. The van der Waals surface area contributed by atoms with Crippen LogP contribution in [0.1, 0.15) is 26.7 Å². The third-order valence-corrected chi connectivity index (χ3v) is 6.73. The zero-order valence-electron chi connectivity index (χ0n) is 19.2. The number of ether oxygens (including phenoxy) is 2. The number of aliphatic hydroxyl groups is 1. The maximum absolute atomic E-state index is 13.4. The molecule has 3 aliphatic rings. The molecule has 0 aromatic carbocycles. The molecule has 32 heavy (non-hydrogen) atoms. The third-order valence-electron chi connectivity index (χ3n) is 6.73. The van der Waals surface area contributed by atoms with Crippen LogP contribution in [0, 0.1) is 23.7 Å². The van der Waals surface area contributed by atoms with Gasteiger partial charge in [0, 0.05) is 38.6 Å². The molecule has 0 aromatic heterocycles. The molecule has 1 aliphatic carbocycles. The Morgan fingerprint density at radius 2 is 1.97 bits per heavy atom. The predicted octanol–water partition coefficient (Wildman–Crippen LogP) is 0.0357. The minimum atomic E-state index is -0.736. The molecule has 0 saturated carbocycles. The summed E-state index contributed by atoms with van der Waals surface area (Å²) in [6.07, 6.45) is 5.56. The highest BCUT2D eigenvalue weighted by Gasteiger charge is 2.57. The monoisotopic (exact) mass is 451 g/mol. The van der Waals surface area contributed by atoms with Crippen molar-refractivity contribution in [2.75, 3.05) is 59.2 Å². The van der Waals surface area contributed by atoms with Gasteiger partial charge in [-0.05, 0) is 19.3 Å². The van der Waals surface area contributed by atoms with Crippen molar-refractivity contribution in [2.24, 2.45) is 23.7 Å². The molecule has 0 radical (unpaired) electrons.